The van der Waals surface area contributed by atoms with Gasteiger partial charge in [0.2, 0.25) is 0 Å². The lowest BCUT2D eigenvalue weighted by molar-refractivity contribution is 0.0778. The Labute approximate surface area is 180 Å². The highest BCUT2D eigenvalue weighted by Crippen LogP contribution is 2.42. The Morgan fingerprint density at radius 1 is 1.17 bits per heavy atom. The zero-order chi connectivity index (χ0) is 21.3. The molecule has 2 unspecified atom stereocenters. The molecule has 1 aliphatic carbocycles. The molecule has 2 aromatic rings. The van der Waals surface area contributed by atoms with Gasteiger partial charge in [0.05, 0.1) is 11.0 Å². The normalized spacial score (nSPS) is 22.8. The van der Waals surface area contributed by atoms with Crippen LogP contribution in [0.3, 0.4) is 0 Å². The number of piperazine rings is 1. The average Bonchev–Trinajstić information content (AvgIpc) is 3.07. The lowest BCUT2D eigenvalue weighted by Gasteiger charge is -2.33. The number of nitrogens with one attached hydrogen (secondary N) is 1. The smallest absolute Gasteiger partial charge is 0.268 e. The molecule has 0 bridgehead atoms. The van der Waals surface area contributed by atoms with Gasteiger partial charge in [-0.1, -0.05) is 25.1 Å². The zero-order valence-corrected chi connectivity index (χ0v) is 18.8. The number of aromatic nitrogens is 1. The van der Waals surface area contributed by atoms with Gasteiger partial charge in [-0.25, -0.2) is 12.4 Å². The summed E-state index contributed by atoms with van der Waals surface area (Å²) < 4.78 is 28.4. The predicted octanol–water partition coefficient (Wildman–Crippen LogP) is 2.49. The van der Waals surface area contributed by atoms with E-state index >= 15 is 0 Å². The van der Waals surface area contributed by atoms with Gasteiger partial charge in [0, 0.05) is 43.1 Å². The molecule has 6 nitrogen and oxygen atoms in total. The molecular formula is C23H33N3O3S. The summed E-state index contributed by atoms with van der Waals surface area (Å²) in [4.78, 5) is 2.75. The molecule has 0 radical (unpaired) electrons. The Balaban J connectivity index is 1.65. The maximum absolute atomic E-state index is 13.4. The van der Waals surface area contributed by atoms with Crippen LogP contribution in [0.4, 0.5) is 0 Å². The van der Waals surface area contributed by atoms with Crippen molar-refractivity contribution in [3.05, 3.63) is 52.8 Å². The van der Waals surface area contributed by atoms with Gasteiger partial charge in [-0.3, -0.25) is 0 Å². The largest absolute Gasteiger partial charge is 0.388 e. The minimum absolute atomic E-state index is 0.173. The summed E-state index contributed by atoms with van der Waals surface area (Å²) in [7, 11) is -3.68. The van der Waals surface area contributed by atoms with Gasteiger partial charge in [-0.15, -0.1) is 0 Å². The number of benzene rings is 1. The maximum Gasteiger partial charge on any atom is 0.268 e. The molecule has 1 aromatic heterocycles. The Morgan fingerprint density at radius 2 is 1.87 bits per heavy atom. The Bertz CT molecular complexity index is 979. The fourth-order valence-corrected chi connectivity index (χ4v) is 6.82. The van der Waals surface area contributed by atoms with Crippen LogP contribution in [-0.4, -0.2) is 55.1 Å². The van der Waals surface area contributed by atoms with E-state index in [1.165, 1.54) is 3.97 Å². The van der Waals surface area contributed by atoms with Crippen LogP contribution < -0.4 is 5.32 Å². The van der Waals surface area contributed by atoms with Crippen LogP contribution >= 0.6 is 0 Å². The quantitative estimate of drug-likeness (QED) is 0.735. The molecule has 0 spiro atoms. The van der Waals surface area contributed by atoms with Crippen molar-refractivity contribution >= 4 is 10.0 Å². The van der Waals surface area contributed by atoms with Crippen molar-refractivity contribution in [1.29, 1.82) is 0 Å². The molecule has 30 heavy (non-hydrogen) atoms. The minimum Gasteiger partial charge on any atom is -0.388 e. The van der Waals surface area contributed by atoms with Crippen LogP contribution in [-0.2, 0) is 22.9 Å². The topological polar surface area (TPSA) is 74.6 Å². The molecule has 2 aliphatic rings. The van der Waals surface area contributed by atoms with Gasteiger partial charge in [0.1, 0.15) is 0 Å². The van der Waals surface area contributed by atoms with E-state index in [9.17, 15) is 13.5 Å². The van der Waals surface area contributed by atoms with Crippen LogP contribution in [0.2, 0.25) is 0 Å². The summed E-state index contributed by atoms with van der Waals surface area (Å²) >= 11 is 0. The summed E-state index contributed by atoms with van der Waals surface area (Å²) in [6, 6.07) is 8.60. The van der Waals surface area contributed by atoms with Crippen molar-refractivity contribution in [3.63, 3.8) is 0 Å². The number of rotatable bonds is 6. The fourth-order valence-electron chi connectivity index (χ4n) is 5.16. The SMILES string of the molecule is CCc1c2c(n(S(=O)(=O)c3ccccc3)c1C)CCC(CCN1CCNCC1)C2O. The molecule has 1 aliphatic heterocycles. The van der Waals surface area contributed by atoms with E-state index in [1.54, 1.807) is 24.3 Å². The number of aliphatic hydroxyl groups excluding tert-OH is 1. The molecule has 0 saturated carbocycles. The van der Waals surface area contributed by atoms with Gasteiger partial charge in [-0.05, 0) is 62.8 Å². The number of aliphatic hydroxyl groups is 1. The second kappa shape index (κ2) is 8.83. The highest BCUT2D eigenvalue weighted by Gasteiger charge is 2.37. The molecule has 4 rings (SSSR count). The summed E-state index contributed by atoms with van der Waals surface area (Å²) in [5.41, 5.74) is 3.38. The van der Waals surface area contributed by atoms with Crippen LogP contribution in [0, 0.1) is 12.8 Å². The van der Waals surface area contributed by atoms with Crippen molar-refractivity contribution in [3.8, 4) is 0 Å². The summed E-state index contributed by atoms with van der Waals surface area (Å²) in [5, 5.41) is 14.7. The highest BCUT2D eigenvalue weighted by atomic mass is 32.2. The Morgan fingerprint density at radius 3 is 2.53 bits per heavy atom. The van der Waals surface area contributed by atoms with E-state index in [1.807, 2.05) is 19.9 Å². The second-order valence-electron chi connectivity index (χ2n) is 8.48. The van der Waals surface area contributed by atoms with E-state index in [2.05, 4.69) is 10.2 Å². The maximum atomic E-state index is 13.4. The van der Waals surface area contributed by atoms with Crippen LogP contribution in [0.1, 0.15) is 48.4 Å². The Kier molecular flexibility index (Phi) is 6.34. The third kappa shape index (κ3) is 3.84. The Hall–Kier alpha value is -1.67. The first-order chi connectivity index (χ1) is 14.4. The van der Waals surface area contributed by atoms with E-state index < -0.39 is 16.1 Å². The van der Waals surface area contributed by atoms with Crippen LogP contribution in [0.15, 0.2) is 35.2 Å². The first-order valence-corrected chi connectivity index (χ1v) is 12.5. The molecule has 1 aromatic carbocycles. The third-order valence-corrected chi connectivity index (χ3v) is 8.62. The molecule has 1 fully saturated rings. The van der Waals surface area contributed by atoms with Crippen LogP contribution in [0.5, 0.6) is 0 Å². The molecule has 164 valence electrons. The predicted molar refractivity (Wildman–Crippen MR) is 118 cm³/mol. The first-order valence-electron chi connectivity index (χ1n) is 11.1. The lowest BCUT2D eigenvalue weighted by Crippen LogP contribution is -2.44. The number of fused-ring (bicyclic) bond motifs is 1. The first kappa shape index (κ1) is 21.6. The molecular weight excluding hydrogens is 398 g/mol. The molecule has 7 heteroatoms. The van der Waals surface area contributed by atoms with E-state index in [4.69, 9.17) is 0 Å². The van der Waals surface area contributed by atoms with E-state index in [0.29, 0.717) is 17.7 Å². The third-order valence-electron chi connectivity index (χ3n) is 6.78. The van der Waals surface area contributed by atoms with Crippen LogP contribution in [0.25, 0.3) is 0 Å². The van der Waals surface area contributed by atoms with Crippen molar-refractivity contribution in [2.45, 2.75) is 50.5 Å². The van der Waals surface area contributed by atoms with Crippen molar-refractivity contribution in [2.24, 2.45) is 5.92 Å². The van der Waals surface area contributed by atoms with E-state index in [-0.39, 0.29) is 5.92 Å². The zero-order valence-electron chi connectivity index (χ0n) is 18.0. The lowest BCUT2D eigenvalue weighted by atomic mass is 9.81. The van der Waals surface area contributed by atoms with Crippen molar-refractivity contribution in [2.75, 3.05) is 32.7 Å². The van der Waals surface area contributed by atoms with Gasteiger partial charge in [0.25, 0.3) is 10.0 Å². The van der Waals surface area contributed by atoms with Gasteiger partial charge >= 0.3 is 0 Å². The average molecular weight is 432 g/mol. The number of nitrogens with zero attached hydrogens (tertiary/aromatic N) is 2. The number of hydrogen-bond acceptors (Lipinski definition) is 5. The van der Waals surface area contributed by atoms with Gasteiger partial charge in [0.15, 0.2) is 0 Å². The molecule has 2 atom stereocenters. The summed E-state index contributed by atoms with van der Waals surface area (Å²) in [6.45, 7) is 9.06. The van der Waals surface area contributed by atoms with E-state index in [0.717, 1.165) is 68.1 Å². The second-order valence-corrected chi connectivity index (χ2v) is 10.3. The van der Waals surface area contributed by atoms with Crippen molar-refractivity contribution in [1.82, 2.24) is 14.2 Å². The molecule has 1 saturated heterocycles. The monoisotopic (exact) mass is 431 g/mol. The highest BCUT2D eigenvalue weighted by molar-refractivity contribution is 7.90. The summed E-state index contributed by atoms with van der Waals surface area (Å²) in [5.74, 6) is 0.173. The van der Waals surface area contributed by atoms with Gasteiger partial charge in [-0.2, -0.15) is 0 Å². The molecule has 0 amide bonds. The molecule has 2 heterocycles. The van der Waals surface area contributed by atoms with Crippen molar-refractivity contribution < 1.29 is 13.5 Å². The standard InChI is InChI=1S/C23H33N3O3S/c1-3-20-17(2)26(30(28,29)19-7-5-4-6-8-19)21-10-9-18(23(27)22(20)21)11-14-25-15-12-24-13-16-25/h4-8,18,23-24,27H,3,9-16H2,1-2H3. The summed E-state index contributed by atoms with van der Waals surface area (Å²) in [6.07, 6.45) is 2.56. The minimum atomic E-state index is -3.68. The molecule has 2 N–H and O–H groups in total. The number of hydrogen-bond donors (Lipinski definition) is 2. The van der Waals surface area contributed by atoms with Gasteiger partial charge < -0.3 is 15.3 Å². The fraction of sp³-hybridized carbons (Fsp3) is 0.565.